The molecule has 0 aliphatic carbocycles. The van der Waals surface area contributed by atoms with Crippen LogP contribution in [0.1, 0.15) is 5.69 Å². The van der Waals surface area contributed by atoms with E-state index in [0.717, 1.165) is 28.0 Å². The van der Waals surface area contributed by atoms with Crippen molar-refractivity contribution in [3.63, 3.8) is 0 Å². The Hall–Kier alpha value is -2.71. The van der Waals surface area contributed by atoms with Gasteiger partial charge in [0.25, 0.3) is 0 Å². The van der Waals surface area contributed by atoms with Crippen LogP contribution in [-0.4, -0.2) is 30.7 Å². The summed E-state index contributed by atoms with van der Waals surface area (Å²) in [6.07, 6.45) is 4.09. The molecular formula is C19H15ClFN5OS. The molecule has 6 nitrogen and oxygen atoms in total. The van der Waals surface area contributed by atoms with Gasteiger partial charge in [-0.3, -0.25) is 4.98 Å². The molecule has 0 saturated heterocycles. The largest absolute Gasteiger partial charge is 0.356 e. The number of aromatic nitrogens is 5. The molecule has 0 amide bonds. The third-order valence-corrected chi connectivity index (χ3v) is 5.37. The summed E-state index contributed by atoms with van der Waals surface area (Å²) in [6, 6.07) is 9.85. The van der Waals surface area contributed by atoms with Gasteiger partial charge in [-0.1, -0.05) is 28.5 Å². The molecule has 9 heteroatoms. The first kappa shape index (κ1) is 18.6. The van der Waals surface area contributed by atoms with Gasteiger partial charge in [0, 0.05) is 48.3 Å². The summed E-state index contributed by atoms with van der Waals surface area (Å²) in [5.41, 5.74) is 1.99. The molecule has 0 spiro atoms. The van der Waals surface area contributed by atoms with Crippen molar-refractivity contribution in [3.05, 3.63) is 65.3 Å². The topological polar surface area (TPSA) is 69.6 Å². The first-order valence-electron chi connectivity index (χ1n) is 8.45. The van der Waals surface area contributed by atoms with Crippen molar-refractivity contribution >= 4 is 23.4 Å². The van der Waals surface area contributed by atoms with Crippen LogP contribution in [0.25, 0.3) is 22.7 Å². The number of halogens is 2. The Labute approximate surface area is 169 Å². The molecule has 1 aromatic carbocycles. The molecule has 4 rings (SSSR count). The van der Waals surface area contributed by atoms with Gasteiger partial charge in [0.2, 0.25) is 0 Å². The first-order chi connectivity index (χ1) is 13.6. The lowest BCUT2D eigenvalue weighted by molar-refractivity contribution is 0.422. The van der Waals surface area contributed by atoms with Crippen LogP contribution in [0.15, 0.2) is 58.5 Å². The molecule has 0 aliphatic heterocycles. The van der Waals surface area contributed by atoms with Crippen molar-refractivity contribution in [2.75, 3.05) is 5.75 Å². The molecule has 0 bridgehead atoms. The first-order valence-corrected chi connectivity index (χ1v) is 9.82. The molecule has 0 fully saturated rings. The monoisotopic (exact) mass is 415 g/mol. The van der Waals surface area contributed by atoms with E-state index in [0.29, 0.717) is 22.8 Å². The number of pyridine rings is 1. The maximum absolute atomic E-state index is 14.0. The van der Waals surface area contributed by atoms with Crippen LogP contribution in [0.3, 0.4) is 0 Å². The Morgan fingerprint density at radius 3 is 2.79 bits per heavy atom. The zero-order chi connectivity index (χ0) is 19.5. The van der Waals surface area contributed by atoms with Gasteiger partial charge in [-0.05, 0) is 30.3 Å². The average molecular weight is 416 g/mol. The highest BCUT2D eigenvalue weighted by molar-refractivity contribution is 7.99. The van der Waals surface area contributed by atoms with Gasteiger partial charge in [-0.25, -0.2) is 4.39 Å². The van der Waals surface area contributed by atoms with Gasteiger partial charge < -0.3 is 9.09 Å². The molecule has 0 unspecified atom stereocenters. The molecule has 142 valence electrons. The fourth-order valence-electron chi connectivity index (χ4n) is 2.68. The summed E-state index contributed by atoms with van der Waals surface area (Å²) in [6.45, 7) is 0. The van der Waals surface area contributed by atoms with E-state index in [4.69, 9.17) is 16.1 Å². The summed E-state index contributed by atoms with van der Waals surface area (Å²) < 4.78 is 21.2. The van der Waals surface area contributed by atoms with Crippen LogP contribution in [-0.2, 0) is 13.5 Å². The van der Waals surface area contributed by atoms with Crippen molar-refractivity contribution < 1.29 is 8.91 Å². The Bertz CT molecular complexity index is 1100. The summed E-state index contributed by atoms with van der Waals surface area (Å²) >= 11 is 7.50. The molecule has 0 N–H and O–H groups in total. The van der Waals surface area contributed by atoms with E-state index in [1.165, 1.54) is 18.2 Å². The Morgan fingerprint density at radius 2 is 1.96 bits per heavy atom. The van der Waals surface area contributed by atoms with Gasteiger partial charge in [0.15, 0.2) is 16.7 Å². The van der Waals surface area contributed by atoms with Crippen molar-refractivity contribution in [2.45, 2.75) is 11.6 Å². The minimum absolute atomic E-state index is 0.300. The van der Waals surface area contributed by atoms with Gasteiger partial charge in [0.1, 0.15) is 5.82 Å². The number of hydrogen-bond acceptors (Lipinski definition) is 6. The molecular weight excluding hydrogens is 401 g/mol. The number of aryl methyl sites for hydroxylation is 1. The summed E-state index contributed by atoms with van der Waals surface area (Å²) in [7, 11) is 1.92. The minimum atomic E-state index is -0.399. The Kier molecular flexibility index (Phi) is 5.40. The van der Waals surface area contributed by atoms with Crippen molar-refractivity contribution in [1.29, 1.82) is 0 Å². The van der Waals surface area contributed by atoms with E-state index in [-0.39, 0.29) is 0 Å². The van der Waals surface area contributed by atoms with Gasteiger partial charge >= 0.3 is 0 Å². The van der Waals surface area contributed by atoms with Crippen LogP contribution < -0.4 is 0 Å². The van der Waals surface area contributed by atoms with E-state index >= 15 is 0 Å². The number of benzene rings is 1. The summed E-state index contributed by atoms with van der Waals surface area (Å²) in [5, 5.41) is 13.8. The second kappa shape index (κ2) is 8.12. The van der Waals surface area contributed by atoms with E-state index < -0.39 is 5.82 Å². The van der Waals surface area contributed by atoms with Gasteiger partial charge in [-0.15, -0.1) is 10.2 Å². The second-order valence-corrected chi connectivity index (χ2v) is 7.50. The lowest BCUT2D eigenvalue weighted by Crippen LogP contribution is -1.96. The predicted octanol–water partition coefficient (Wildman–Crippen LogP) is 4.66. The van der Waals surface area contributed by atoms with Crippen molar-refractivity contribution in [1.82, 2.24) is 24.9 Å². The predicted molar refractivity (Wildman–Crippen MR) is 106 cm³/mol. The number of nitrogens with zero attached hydrogens (tertiary/aromatic N) is 5. The zero-order valence-electron chi connectivity index (χ0n) is 14.8. The summed E-state index contributed by atoms with van der Waals surface area (Å²) in [4.78, 5) is 4.02. The number of thioether (sulfide) groups is 1. The summed E-state index contributed by atoms with van der Waals surface area (Å²) in [5.74, 6) is 1.47. The van der Waals surface area contributed by atoms with Crippen LogP contribution in [0.5, 0.6) is 0 Å². The van der Waals surface area contributed by atoms with E-state index in [2.05, 4.69) is 20.3 Å². The molecule has 4 aromatic rings. The van der Waals surface area contributed by atoms with E-state index in [9.17, 15) is 4.39 Å². The lowest BCUT2D eigenvalue weighted by atomic mass is 10.1. The van der Waals surface area contributed by atoms with Crippen molar-refractivity contribution in [2.24, 2.45) is 7.05 Å². The highest BCUT2D eigenvalue weighted by Crippen LogP contribution is 2.27. The number of rotatable bonds is 6. The van der Waals surface area contributed by atoms with Gasteiger partial charge in [0.05, 0.1) is 11.3 Å². The van der Waals surface area contributed by atoms with Crippen LogP contribution in [0.4, 0.5) is 4.39 Å². The Morgan fingerprint density at radius 1 is 1.14 bits per heavy atom. The molecule has 0 atom stereocenters. The highest BCUT2D eigenvalue weighted by Gasteiger charge is 2.14. The zero-order valence-corrected chi connectivity index (χ0v) is 16.4. The molecule has 0 saturated carbocycles. The van der Waals surface area contributed by atoms with Crippen LogP contribution >= 0.6 is 23.4 Å². The fraction of sp³-hybridized carbons (Fsp3) is 0.158. The highest BCUT2D eigenvalue weighted by atomic mass is 35.5. The van der Waals surface area contributed by atoms with Crippen molar-refractivity contribution in [3.8, 4) is 22.7 Å². The van der Waals surface area contributed by atoms with E-state index in [1.807, 2.05) is 23.7 Å². The SMILES string of the molecule is Cn1c(SCCc2cc(-c3cc(Cl)ccc3F)on2)nnc1-c1ccncc1. The molecule has 0 radical (unpaired) electrons. The molecule has 0 aliphatic rings. The third-order valence-electron chi connectivity index (χ3n) is 4.12. The minimum Gasteiger partial charge on any atom is -0.356 e. The second-order valence-electron chi connectivity index (χ2n) is 6.01. The molecule has 3 aromatic heterocycles. The van der Waals surface area contributed by atoms with Gasteiger partial charge in [-0.2, -0.15) is 0 Å². The smallest absolute Gasteiger partial charge is 0.191 e. The third kappa shape index (κ3) is 3.93. The quantitative estimate of drug-likeness (QED) is 0.426. The lowest BCUT2D eigenvalue weighted by Gasteiger charge is -2.03. The fourth-order valence-corrected chi connectivity index (χ4v) is 3.73. The maximum Gasteiger partial charge on any atom is 0.191 e. The average Bonchev–Trinajstić information content (AvgIpc) is 3.32. The standard InChI is InChI=1S/C19H15ClFN5OS/c1-26-18(12-4-7-22-8-5-12)23-24-19(26)28-9-6-14-11-17(27-25-14)15-10-13(20)2-3-16(15)21/h2-5,7-8,10-11H,6,9H2,1H3. The van der Waals surface area contributed by atoms with E-state index in [1.54, 1.807) is 30.2 Å². The number of hydrogen-bond donors (Lipinski definition) is 0. The van der Waals surface area contributed by atoms with Crippen LogP contribution in [0, 0.1) is 5.82 Å². The van der Waals surface area contributed by atoms with Crippen LogP contribution in [0.2, 0.25) is 5.02 Å². The molecule has 3 heterocycles. The Balaban J connectivity index is 1.41. The maximum atomic E-state index is 14.0. The molecule has 28 heavy (non-hydrogen) atoms. The normalized spacial score (nSPS) is 11.1.